The van der Waals surface area contributed by atoms with Gasteiger partial charge in [-0.25, -0.2) is 8.78 Å². The van der Waals surface area contributed by atoms with E-state index in [-0.39, 0.29) is 39.0 Å². The highest BCUT2D eigenvalue weighted by Crippen LogP contribution is 2.52. The van der Waals surface area contributed by atoms with E-state index in [9.17, 15) is 10.1 Å². The van der Waals surface area contributed by atoms with Crippen LogP contribution in [0.4, 0.5) is 8.78 Å². The Morgan fingerprint density at radius 1 is 1.24 bits per heavy atom. The van der Waals surface area contributed by atoms with E-state index in [1.807, 2.05) is 20.8 Å². The fourth-order valence-electron chi connectivity index (χ4n) is 5.09. The lowest BCUT2D eigenvalue weighted by Gasteiger charge is -2.37. The van der Waals surface area contributed by atoms with E-state index in [2.05, 4.69) is 37.3 Å². The van der Waals surface area contributed by atoms with Gasteiger partial charge in [-0.1, -0.05) is 67.4 Å². The van der Waals surface area contributed by atoms with Crippen LogP contribution >= 0.6 is 23.2 Å². The van der Waals surface area contributed by atoms with Gasteiger partial charge in [0, 0.05) is 22.5 Å². The van der Waals surface area contributed by atoms with Gasteiger partial charge in [-0.3, -0.25) is 4.79 Å². The Kier molecular flexibility index (Phi) is 7.51. The third kappa shape index (κ3) is 5.17. The highest BCUT2D eigenvalue weighted by Gasteiger charge is 2.61. The molecule has 12 heteroatoms. The van der Waals surface area contributed by atoms with Gasteiger partial charge in [0.2, 0.25) is 5.91 Å². The van der Waals surface area contributed by atoms with E-state index in [0.29, 0.717) is 6.42 Å². The van der Waals surface area contributed by atoms with Crippen molar-refractivity contribution in [2.75, 3.05) is 0 Å². The summed E-state index contributed by atoms with van der Waals surface area (Å²) in [5, 5.41) is 30.1. The predicted octanol–water partition coefficient (Wildman–Crippen LogP) is 4.42. The number of nitriles is 1. The summed E-state index contributed by atoms with van der Waals surface area (Å²) in [5.41, 5.74) is -2.00. The number of hydrogen-bond donors (Lipinski definition) is 3. The summed E-state index contributed by atoms with van der Waals surface area (Å²) < 4.78 is 31.1. The number of aromatic nitrogens is 4. The second-order valence-corrected chi connectivity index (χ2v) is 11.1. The van der Waals surface area contributed by atoms with Crippen molar-refractivity contribution in [1.29, 1.82) is 5.26 Å². The Labute approximate surface area is 222 Å². The molecular weight excluding hydrogens is 523 g/mol. The summed E-state index contributed by atoms with van der Waals surface area (Å²) >= 11 is 12.2. The third-order valence-electron chi connectivity index (χ3n) is 6.54. The Balaban J connectivity index is 1.92. The first-order valence-corrected chi connectivity index (χ1v) is 12.3. The molecule has 0 aliphatic carbocycles. The van der Waals surface area contributed by atoms with E-state index in [4.69, 9.17) is 23.2 Å². The molecule has 3 N–H and O–H groups in total. The quantitative estimate of drug-likeness (QED) is 0.420. The standard InChI is InChI=1S/C25H25Cl2F2N7O/c1-24(2,3)10-18-25(12-30,15-8-7-13(26)9-17(15)28)20(14-5-4-6-16(27)21(14)29)22(32-18)23(37)31-11-19-33-35-36-34-19/h4-9,18,20,22,32H,10-11H2,1-3H3,(H,31,37)(H,33,34,35,36)/t18-,20?,22+,25-/m0/s1. The molecule has 0 radical (unpaired) electrons. The van der Waals surface area contributed by atoms with Gasteiger partial charge < -0.3 is 10.6 Å². The van der Waals surface area contributed by atoms with Crippen molar-refractivity contribution in [2.45, 2.75) is 57.2 Å². The Hall–Kier alpha value is -3.13. The summed E-state index contributed by atoms with van der Waals surface area (Å²) in [4.78, 5) is 13.6. The molecule has 0 saturated carbocycles. The third-order valence-corrected chi connectivity index (χ3v) is 7.07. The van der Waals surface area contributed by atoms with Crippen molar-refractivity contribution in [3.8, 4) is 6.07 Å². The van der Waals surface area contributed by atoms with Crippen LogP contribution in [0.5, 0.6) is 0 Å². The first-order chi connectivity index (χ1) is 17.5. The number of benzene rings is 2. The summed E-state index contributed by atoms with van der Waals surface area (Å²) in [5.74, 6) is -2.96. The van der Waals surface area contributed by atoms with Crippen LogP contribution in [0.1, 0.15) is 50.1 Å². The molecule has 1 aromatic heterocycles. The van der Waals surface area contributed by atoms with Crippen LogP contribution in [0.15, 0.2) is 36.4 Å². The van der Waals surface area contributed by atoms with Crippen LogP contribution < -0.4 is 10.6 Å². The molecule has 1 aliphatic rings. The van der Waals surface area contributed by atoms with Crippen molar-refractivity contribution in [2.24, 2.45) is 5.41 Å². The predicted molar refractivity (Wildman–Crippen MR) is 134 cm³/mol. The lowest BCUT2D eigenvalue weighted by atomic mass is 9.62. The van der Waals surface area contributed by atoms with Crippen LogP contribution in [0.2, 0.25) is 10.0 Å². The second kappa shape index (κ2) is 10.3. The van der Waals surface area contributed by atoms with Gasteiger partial charge in [0.1, 0.15) is 17.0 Å². The molecule has 3 aromatic rings. The number of hydrogen-bond acceptors (Lipinski definition) is 6. The highest BCUT2D eigenvalue weighted by molar-refractivity contribution is 6.31. The molecular formula is C25H25Cl2F2N7O. The molecule has 4 rings (SSSR count). The maximum Gasteiger partial charge on any atom is 0.238 e. The maximum absolute atomic E-state index is 15.6. The van der Waals surface area contributed by atoms with E-state index in [1.165, 1.54) is 30.3 Å². The van der Waals surface area contributed by atoms with Crippen LogP contribution in [-0.2, 0) is 16.8 Å². The van der Waals surface area contributed by atoms with E-state index >= 15 is 8.78 Å². The van der Waals surface area contributed by atoms with E-state index < -0.39 is 41.0 Å². The minimum Gasteiger partial charge on any atom is -0.347 e. The average molecular weight is 548 g/mol. The molecule has 2 heterocycles. The van der Waals surface area contributed by atoms with Crippen molar-refractivity contribution < 1.29 is 13.6 Å². The Morgan fingerprint density at radius 2 is 2.00 bits per heavy atom. The minimum absolute atomic E-state index is 0.0130. The van der Waals surface area contributed by atoms with E-state index in [0.717, 1.165) is 6.07 Å². The number of aromatic amines is 1. The molecule has 1 unspecified atom stereocenters. The number of halogens is 4. The van der Waals surface area contributed by atoms with Crippen LogP contribution in [0, 0.1) is 28.4 Å². The number of amides is 1. The number of nitrogens with one attached hydrogen (secondary N) is 3. The fourth-order valence-corrected chi connectivity index (χ4v) is 5.43. The highest BCUT2D eigenvalue weighted by atomic mass is 35.5. The van der Waals surface area contributed by atoms with Gasteiger partial charge in [0.05, 0.1) is 23.7 Å². The minimum atomic E-state index is -1.69. The summed E-state index contributed by atoms with van der Waals surface area (Å²) in [6.07, 6.45) is 0.371. The number of H-pyrrole nitrogens is 1. The molecule has 0 spiro atoms. The first kappa shape index (κ1) is 26.9. The van der Waals surface area contributed by atoms with Gasteiger partial charge in [-0.15, -0.1) is 10.2 Å². The summed E-state index contributed by atoms with van der Waals surface area (Å²) in [6, 6.07) is 8.82. The van der Waals surface area contributed by atoms with Crippen LogP contribution in [-0.4, -0.2) is 38.6 Å². The number of carbonyl (C=O) groups excluding carboxylic acids is 1. The topological polar surface area (TPSA) is 119 Å². The number of nitrogens with zero attached hydrogens (tertiary/aromatic N) is 4. The van der Waals surface area contributed by atoms with Gasteiger partial charge in [0.25, 0.3) is 0 Å². The van der Waals surface area contributed by atoms with Gasteiger partial charge in [-0.2, -0.15) is 10.5 Å². The largest absolute Gasteiger partial charge is 0.347 e. The molecule has 1 amide bonds. The van der Waals surface area contributed by atoms with Crippen molar-refractivity contribution in [1.82, 2.24) is 31.3 Å². The monoisotopic (exact) mass is 547 g/mol. The Morgan fingerprint density at radius 3 is 2.62 bits per heavy atom. The molecule has 37 heavy (non-hydrogen) atoms. The van der Waals surface area contributed by atoms with Crippen molar-refractivity contribution >= 4 is 29.1 Å². The lowest BCUT2D eigenvalue weighted by molar-refractivity contribution is -0.123. The smallest absolute Gasteiger partial charge is 0.238 e. The average Bonchev–Trinajstić information content (AvgIpc) is 3.45. The lowest BCUT2D eigenvalue weighted by Crippen LogP contribution is -2.45. The van der Waals surface area contributed by atoms with Crippen LogP contribution in [0.3, 0.4) is 0 Å². The summed E-state index contributed by atoms with van der Waals surface area (Å²) in [7, 11) is 0. The molecule has 1 saturated heterocycles. The Bertz CT molecular complexity index is 1340. The molecule has 2 aromatic carbocycles. The molecule has 0 bridgehead atoms. The second-order valence-electron chi connectivity index (χ2n) is 10.2. The van der Waals surface area contributed by atoms with Crippen molar-refractivity contribution in [3.05, 3.63) is 75.0 Å². The fraction of sp³-hybridized carbons (Fsp3) is 0.400. The first-order valence-electron chi connectivity index (χ1n) is 11.5. The molecule has 1 fully saturated rings. The normalized spacial score (nSPS) is 23.6. The van der Waals surface area contributed by atoms with Gasteiger partial charge >= 0.3 is 0 Å². The SMILES string of the molecule is CC(C)(C)C[C@@H]1N[C@@H](C(=O)NCc2nn[nH]n2)C(c2cccc(Cl)c2F)[C@@]1(C#N)c1ccc(Cl)cc1F. The zero-order valence-electron chi connectivity index (χ0n) is 20.3. The van der Waals surface area contributed by atoms with Gasteiger partial charge in [0.15, 0.2) is 5.82 Å². The zero-order chi connectivity index (χ0) is 27.0. The molecule has 8 nitrogen and oxygen atoms in total. The number of carbonyl (C=O) groups is 1. The molecule has 4 atom stereocenters. The van der Waals surface area contributed by atoms with Gasteiger partial charge in [-0.05, 0) is 35.6 Å². The number of rotatable bonds is 6. The number of tetrazole rings is 1. The van der Waals surface area contributed by atoms with E-state index in [1.54, 1.807) is 0 Å². The molecule has 1 aliphatic heterocycles. The summed E-state index contributed by atoms with van der Waals surface area (Å²) in [6.45, 7) is 5.84. The van der Waals surface area contributed by atoms with Crippen LogP contribution in [0.25, 0.3) is 0 Å². The maximum atomic E-state index is 15.6. The molecule has 194 valence electrons. The van der Waals surface area contributed by atoms with Crippen molar-refractivity contribution in [3.63, 3.8) is 0 Å². The zero-order valence-corrected chi connectivity index (χ0v) is 21.8.